The van der Waals surface area contributed by atoms with Crippen LogP contribution in [-0.2, 0) is 16.0 Å². The first-order valence-corrected chi connectivity index (χ1v) is 5.20. The van der Waals surface area contributed by atoms with Crippen LogP contribution in [0.15, 0.2) is 29.2 Å². The molecule has 0 aromatic heterocycles. The molecule has 0 spiro atoms. The van der Waals surface area contributed by atoms with Crippen molar-refractivity contribution in [2.75, 3.05) is 6.61 Å². The number of ether oxygens (including phenoxy) is 1. The lowest BCUT2D eigenvalue weighted by Gasteiger charge is -2.12. The molecular weight excluding hydrogens is 212 g/mol. The Morgan fingerprint density at radius 2 is 2.07 bits per heavy atom. The summed E-state index contributed by atoms with van der Waals surface area (Å²) < 4.78 is 5.12. The van der Waals surface area contributed by atoms with Crippen molar-refractivity contribution in [1.29, 1.82) is 0 Å². The van der Waals surface area contributed by atoms with E-state index in [0.717, 1.165) is 10.5 Å². The maximum absolute atomic E-state index is 10.8. The zero-order chi connectivity index (χ0) is 11.3. The molecule has 0 fully saturated rings. The lowest BCUT2D eigenvalue weighted by molar-refractivity contribution is -0.149. The molecule has 15 heavy (non-hydrogen) atoms. The quantitative estimate of drug-likeness (QED) is 0.755. The van der Waals surface area contributed by atoms with Crippen LogP contribution in [0.5, 0.6) is 0 Å². The normalized spacial score (nSPS) is 12.4. The maximum atomic E-state index is 10.8. The SMILES string of the molecule is CCOC(Cc1ccc(S)cc1)C(=O)O. The number of carbonyl (C=O) groups is 1. The van der Waals surface area contributed by atoms with E-state index < -0.39 is 12.1 Å². The summed E-state index contributed by atoms with van der Waals surface area (Å²) in [6.45, 7) is 2.19. The summed E-state index contributed by atoms with van der Waals surface area (Å²) in [5.41, 5.74) is 0.939. The minimum atomic E-state index is -0.924. The Labute approximate surface area is 94.5 Å². The van der Waals surface area contributed by atoms with Crippen LogP contribution < -0.4 is 0 Å². The summed E-state index contributed by atoms with van der Waals surface area (Å²) in [6, 6.07) is 7.39. The lowest BCUT2D eigenvalue weighted by Crippen LogP contribution is -2.26. The van der Waals surface area contributed by atoms with Crippen molar-refractivity contribution < 1.29 is 14.6 Å². The molecule has 0 saturated heterocycles. The van der Waals surface area contributed by atoms with E-state index in [2.05, 4.69) is 12.6 Å². The summed E-state index contributed by atoms with van der Waals surface area (Å²) in [4.78, 5) is 11.7. The number of carboxylic acid groups (broad SMARTS) is 1. The lowest BCUT2D eigenvalue weighted by atomic mass is 10.1. The summed E-state index contributed by atoms with van der Waals surface area (Å²) in [5.74, 6) is -0.924. The zero-order valence-corrected chi connectivity index (χ0v) is 9.41. The number of hydrogen-bond acceptors (Lipinski definition) is 3. The summed E-state index contributed by atoms with van der Waals surface area (Å²) >= 11 is 4.16. The van der Waals surface area contributed by atoms with E-state index in [1.54, 1.807) is 6.92 Å². The van der Waals surface area contributed by atoms with E-state index in [9.17, 15) is 4.79 Å². The van der Waals surface area contributed by atoms with Crippen LogP contribution in [0.1, 0.15) is 12.5 Å². The fourth-order valence-electron chi connectivity index (χ4n) is 1.26. The molecule has 1 unspecified atom stereocenters. The third-order valence-corrected chi connectivity index (χ3v) is 2.30. The van der Waals surface area contributed by atoms with Crippen LogP contribution in [0, 0.1) is 0 Å². The van der Waals surface area contributed by atoms with Crippen molar-refractivity contribution in [3.05, 3.63) is 29.8 Å². The van der Waals surface area contributed by atoms with Crippen molar-refractivity contribution in [2.24, 2.45) is 0 Å². The maximum Gasteiger partial charge on any atom is 0.333 e. The summed E-state index contributed by atoms with van der Waals surface area (Å²) in [7, 11) is 0. The van der Waals surface area contributed by atoms with Gasteiger partial charge in [-0.05, 0) is 24.6 Å². The summed E-state index contributed by atoms with van der Waals surface area (Å²) in [6.07, 6.45) is -0.377. The van der Waals surface area contributed by atoms with Crippen LogP contribution in [0.4, 0.5) is 0 Å². The minimum absolute atomic E-state index is 0.386. The van der Waals surface area contributed by atoms with Gasteiger partial charge in [0.2, 0.25) is 0 Å². The van der Waals surface area contributed by atoms with Crippen LogP contribution in [-0.4, -0.2) is 23.8 Å². The number of benzene rings is 1. The average molecular weight is 226 g/mol. The van der Waals surface area contributed by atoms with Crippen LogP contribution in [0.3, 0.4) is 0 Å². The predicted octanol–water partition coefficient (Wildman–Crippen LogP) is 2.01. The van der Waals surface area contributed by atoms with Crippen molar-refractivity contribution in [3.8, 4) is 0 Å². The Kier molecular flexibility index (Phi) is 4.65. The van der Waals surface area contributed by atoms with Gasteiger partial charge >= 0.3 is 5.97 Å². The molecule has 0 radical (unpaired) electrons. The fourth-order valence-corrected chi connectivity index (χ4v) is 1.41. The second kappa shape index (κ2) is 5.78. The fraction of sp³-hybridized carbons (Fsp3) is 0.364. The van der Waals surface area contributed by atoms with Crippen LogP contribution in [0.25, 0.3) is 0 Å². The van der Waals surface area contributed by atoms with Crippen molar-refractivity contribution in [2.45, 2.75) is 24.3 Å². The Morgan fingerprint density at radius 3 is 2.53 bits per heavy atom. The van der Waals surface area contributed by atoms with Gasteiger partial charge in [0, 0.05) is 17.9 Å². The predicted molar refractivity (Wildman–Crippen MR) is 60.4 cm³/mol. The minimum Gasteiger partial charge on any atom is -0.479 e. The number of aliphatic carboxylic acids is 1. The molecule has 1 atom stereocenters. The van der Waals surface area contributed by atoms with Gasteiger partial charge in [0.1, 0.15) is 0 Å². The molecule has 82 valence electrons. The van der Waals surface area contributed by atoms with Gasteiger partial charge in [-0.25, -0.2) is 4.79 Å². The van der Waals surface area contributed by atoms with Gasteiger partial charge in [-0.2, -0.15) is 0 Å². The van der Waals surface area contributed by atoms with Gasteiger partial charge in [-0.3, -0.25) is 0 Å². The van der Waals surface area contributed by atoms with Crippen molar-refractivity contribution in [1.82, 2.24) is 0 Å². The highest BCUT2D eigenvalue weighted by Crippen LogP contribution is 2.11. The number of hydrogen-bond donors (Lipinski definition) is 2. The van der Waals surface area contributed by atoms with Crippen LogP contribution in [0.2, 0.25) is 0 Å². The molecule has 1 aromatic rings. The van der Waals surface area contributed by atoms with Crippen molar-refractivity contribution in [3.63, 3.8) is 0 Å². The molecule has 4 heteroatoms. The first-order valence-electron chi connectivity index (χ1n) is 4.75. The van der Waals surface area contributed by atoms with E-state index in [4.69, 9.17) is 9.84 Å². The molecule has 0 aliphatic heterocycles. The van der Waals surface area contributed by atoms with E-state index >= 15 is 0 Å². The molecule has 1 N–H and O–H groups in total. The van der Waals surface area contributed by atoms with Crippen LogP contribution >= 0.6 is 12.6 Å². The monoisotopic (exact) mass is 226 g/mol. The second-order valence-corrected chi connectivity index (χ2v) is 3.67. The van der Waals surface area contributed by atoms with E-state index in [0.29, 0.717) is 13.0 Å². The largest absolute Gasteiger partial charge is 0.479 e. The van der Waals surface area contributed by atoms with Gasteiger partial charge < -0.3 is 9.84 Å². The summed E-state index contributed by atoms with van der Waals surface area (Å²) in [5, 5.41) is 8.88. The van der Waals surface area contributed by atoms with E-state index in [-0.39, 0.29) is 0 Å². The number of carboxylic acids is 1. The molecule has 0 aliphatic rings. The van der Waals surface area contributed by atoms with Gasteiger partial charge in [0.15, 0.2) is 6.10 Å². The first kappa shape index (κ1) is 12.1. The average Bonchev–Trinajstić information content (AvgIpc) is 2.20. The Morgan fingerprint density at radius 1 is 1.47 bits per heavy atom. The van der Waals surface area contributed by atoms with Crippen molar-refractivity contribution >= 4 is 18.6 Å². The molecule has 3 nitrogen and oxygen atoms in total. The Hall–Kier alpha value is -1.00. The first-order chi connectivity index (χ1) is 7.13. The topological polar surface area (TPSA) is 46.5 Å². The molecule has 0 heterocycles. The van der Waals surface area contributed by atoms with Gasteiger partial charge in [-0.1, -0.05) is 12.1 Å². The third-order valence-electron chi connectivity index (χ3n) is 2.00. The zero-order valence-electron chi connectivity index (χ0n) is 8.51. The highest BCUT2D eigenvalue weighted by Gasteiger charge is 2.17. The van der Waals surface area contributed by atoms with Gasteiger partial charge in [0.05, 0.1) is 0 Å². The molecule has 0 saturated carbocycles. The smallest absolute Gasteiger partial charge is 0.333 e. The molecule has 1 rings (SSSR count). The second-order valence-electron chi connectivity index (χ2n) is 3.15. The molecule has 0 amide bonds. The Balaban J connectivity index is 2.65. The molecule has 0 aliphatic carbocycles. The molecule has 1 aromatic carbocycles. The van der Waals surface area contributed by atoms with E-state index in [1.165, 1.54) is 0 Å². The van der Waals surface area contributed by atoms with Gasteiger partial charge in [0.25, 0.3) is 0 Å². The molecule has 0 bridgehead atoms. The van der Waals surface area contributed by atoms with Gasteiger partial charge in [-0.15, -0.1) is 12.6 Å². The number of thiol groups is 1. The highest BCUT2D eigenvalue weighted by molar-refractivity contribution is 7.80. The third kappa shape index (κ3) is 3.93. The highest BCUT2D eigenvalue weighted by atomic mass is 32.1. The Bertz CT molecular complexity index is 321. The molecular formula is C11H14O3S. The standard InChI is InChI=1S/C11H14O3S/c1-2-14-10(11(12)13)7-8-3-5-9(15)6-4-8/h3-6,10,15H,2,7H2,1H3,(H,12,13). The van der Waals surface area contributed by atoms with E-state index in [1.807, 2.05) is 24.3 Å². The number of rotatable bonds is 5.